The van der Waals surface area contributed by atoms with Crippen LogP contribution in [-0.2, 0) is 11.2 Å². The van der Waals surface area contributed by atoms with Crippen LogP contribution in [0.3, 0.4) is 0 Å². The summed E-state index contributed by atoms with van der Waals surface area (Å²) in [4.78, 5) is 17.0. The van der Waals surface area contributed by atoms with E-state index in [9.17, 15) is 4.79 Å². The third kappa shape index (κ3) is 3.08. The zero-order valence-electron chi connectivity index (χ0n) is 12.9. The van der Waals surface area contributed by atoms with E-state index in [1.165, 1.54) is 6.42 Å². The van der Waals surface area contributed by atoms with Gasteiger partial charge in [0.2, 0.25) is 5.91 Å². The lowest BCUT2D eigenvalue weighted by molar-refractivity contribution is -0.125. The minimum atomic E-state index is 0.196. The molecule has 118 valence electrons. The predicted octanol–water partition coefficient (Wildman–Crippen LogP) is 3.68. The number of nitrogens with one attached hydrogen (secondary N) is 1. The number of thiazole rings is 1. The quantitative estimate of drug-likeness (QED) is 0.853. The van der Waals surface area contributed by atoms with Gasteiger partial charge in [-0.15, -0.1) is 11.3 Å². The van der Waals surface area contributed by atoms with Gasteiger partial charge in [0.05, 0.1) is 10.7 Å². The van der Waals surface area contributed by atoms with Gasteiger partial charge in [0.25, 0.3) is 0 Å². The number of rotatable bonds is 5. The van der Waals surface area contributed by atoms with Crippen molar-refractivity contribution in [3.05, 3.63) is 52.9 Å². The molecule has 4 heteroatoms. The van der Waals surface area contributed by atoms with Crippen molar-refractivity contribution in [2.45, 2.75) is 19.3 Å². The largest absolute Gasteiger partial charge is 0.355 e. The first-order chi connectivity index (χ1) is 11.3. The summed E-state index contributed by atoms with van der Waals surface area (Å²) in [6.07, 6.45) is 7.51. The van der Waals surface area contributed by atoms with Crippen LogP contribution >= 0.6 is 11.3 Å². The van der Waals surface area contributed by atoms with Crippen molar-refractivity contribution < 1.29 is 4.79 Å². The van der Waals surface area contributed by atoms with Gasteiger partial charge in [-0.1, -0.05) is 42.5 Å². The Morgan fingerprint density at radius 2 is 2.09 bits per heavy atom. The molecule has 3 atom stereocenters. The Kier molecular flexibility index (Phi) is 4.00. The van der Waals surface area contributed by atoms with E-state index in [2.05, 4.69) is 40.0 Å². The average molecular weight is 324 g/mol. The van der Waals surface area contributed by atoms with E-state index in [-0.39, 0.29) is 11.8 Å². The van der Waals surface area contributed by atoms with Crippen LogP contribution in [0, 0.1) is 17.8 Å². The summed E-state index contributed by atoms with van der Waals surface area (Å²) in [5, 5.41) is 6.27. The Hall–Kier alpha value is -1.94. The fraction of sp³-hybridized carbons (Fsp3) is 0.368. The molecule has 0 unspecified atom stereocenters. The van der Waals surface area contributed by atoms with Gasteiger partial charge < -0.3 is 5.32 Å². The van der Waals surface area contributed by atoms with Gasteiger partial charge in [0.15, 0.2) is 0 Å². The Bertz CT molecular complexity index is 722. The second-order valence-corrected chi connectivity index (χ2v) is 7.36. The average Bonchev–Trinajstić information content (AvgIpc) is 3.32. The lowest BCUT2D eigenvalue weighted by atomic mass is 9.93. The normalized spacial score (nSPS) is 25.0. The summed E-state index contributed by atoms with van der Waals surface area (Å²) in [7, 11) is 0. The van der Waals surface area contributed by atoms with E-state index in [4.69, 9.17) is 0 Å². The van der Waals surface area contributed by atoms with Crippen molar-refractivity contribution in [2.75, 3.05) is 6.54 Å². The first kappa shape index (κ1) is 14.6. The van der Waals surface area contributed by atoms with Crippen molar-refractivity contribution in [2.24, 2.45) is 17.8 Å². The van der Waals surface area contributed by atoms with Crippen LogP contribution in [0.4, 0.5) is 0 Å². The number of hydrogen-bond donors (Lipinski definition) is 1. The fourth-order valence-corrected chi connectivity index (χ4v) is 4.48. The van der Waals surface area contributed by atoms with Gasteiger partial charge in [-0.25, -0.2) is 4.98 Å². The van der Waals surface area contributed by atoms with Crippen LogP contribution < -0.4 is 5.32 Å². The van der Waals surface area contributed by atoms with Crippen LogP contribution in [0.2, 0.25) is 0 Å². The Balaban J connectivity index is 1.29. The number of benzene rings is 1. The maximum atomic E-state index is 12.3. The minimum absolute atomic E-state index is 0.196. The molecule has 23 heavy (non-hydrogen) atoms. The van der Waals surface area contributed by atoms with Crippen molar-refractivity contribution in [1.82, 2.24) is 10.3 Å². The molecule has 4 rings (SSSR count). The smallest absolute Gasteiger partial charge is 0.223 e. The number of hydrogen-bond acceptors (Lipinski definition) is 3. The van der Waals surface area contributed by atoms with Crippen molar-refractivity contribution in [3.8, 4) is 11.3 Å². The van der Waals surface area contributed by atoms with Crippen molar-refractivity contribution in [3.63, 3.8) is 0 Å². The number of amides is 1. The number of carbonyl (C=O) groups is 1. The Morgan fingerprint density at radius 3 is 2.83 bits per heavy atom. The van der Waals surface area contributed by atoms with Crippen molar-refractivity contribution in [1.29, 1.82) is 0 Å². The fourth-order valence-electron chi connectivity index (χ4n) is 3.67. The molecule has 1 aromatic heterocycles. The molecule has 0 spiro atoms. The molecule has 0 saturated heterocycles. The van der Waals surface area contributed by atoms with Crippen LogP contribution in [-0.4, -0.2) is 17.4 Å². The Labute approximate surface area is 140 Å². The van der Waals surface area contributed by atoms with Gasteiger partial charge >= 0.3 is 0 Å². The highest BCUT2D eigenvalue weighted by atomic mass is 32.1. The van der Waals surface area contributed by atoms with E-state index in [1.807, 2.05) is 18.2 Å². The first-order valence-electron chi connectivity index (χ1n) is 8.25. The summed E-state index contributed by atoms with van der Waals surface area (Å²) in [6.45, 7) is 0.679. The lowest BCUT2D eigenvalue weighted by Crippen LogP contribution is -2.34. The Morgan fingerprint density at radius 1 is 1.22 bits per heavy atom. The van der Waals surface area contributed by atoms with Gasteiger partial charge in [0, 0.05) is 29.8 Å². The summed E-state index contributed by atoms with van der Waals surface area (Å²) < 4.78 is 0. The standard InChI is InChI=1S/C19H20N2OS/c22-19(16-11-13-6-7-15(16)10-13)20-9-8-18-21-17(12-23-18)14-4-2-1-3-5-14/h1-7,12-13,15-16H,8-11H2,(H,20,22)/t13-,15+,16-/m1/s1. The third-order valence-electron chi connectivity index (χ3n) is 4.88. The maximum absolute atomic E-state index is 12.3. The van der Waals surface area contributed by atoms with E-state index in [0.29, 0.717) is 18.4 Å². The predicted molar refractivity (Wildman–Crippen MR) is 93.1 cm³/mol. The van der Waals surface area contributed by atoms with E-state index in [1.54, 1.807) is 11.3 Å². The van der Waals surface area contributed by atoms with E-state index >= 15 is 0 Å². The first-order valence-corrected chi connectivity index (χ1v) is 9.13. The summed E-state index contributed by atoms with van der Waals surface area (Å²) in [6, 6.07) is 10.2. The number of fused-ring (bicyclic) bond motifs is 2. The molecule has 2 aliphatic rings. The van der Waals surface area contributed by atoms with Crippen LogP contribution in [0.5, 0.6) is 0 Å². The molecule has 1 heterocycles. The molecule has 1 saturated carbocycles. The van der Waals surface area contributed by atoms with E-state index in [0.717, 1.165) is 29.1 Å². The summed E-state index contributed by atoms with van der Waals surface area (Å²) in [5.74, 6) is 1.54. The molecule has 1 fully saturated rings. The number of carbonyl (C=O) groups excluding carboxylic acids is 1. The lowest BCUT2D eigenvalue weighted by Gasteiger charge is -2.17. The molecular formula is C19H20N2OS. The number of allylic oxidation sites excluding steroid dienone is 2. The second kappa shape index (κ2) is 6.28. The monoisotopic (exact) mass is 324 g/mol. The van der Waals surface area contributed by atoms with Gasteiger partial charge in [-0.05, 0) is 24.7 Å². The van der Waals surface area contributed by atoms with E-state index < -0.39 is 0 Å². The highest BCUT2D eigenvalue weighted by molar-refractivity contribution is 7.09. The summed E-state index contributed by atoms with van der Waals surface area (Å²) in [5.41, 5.74) is 2.17. The number of nitrogens with zero attached hydrogens (tertiary/aromatic N) is 1. The van der Waals surface area contributed by atoms with Crippen molar-refractivity contribution >= 4 is 17.2 Å². The van der Waals surface area contributed by atoms with Gasteiger partial charge in [-0.2, -0.15) is 0 Å². The second-order valence-electron chi connectivity index (χ2n) is 6.42. The third-order valence-corrected chi connectivity index (χ3v) is 5.78. The minimum Gasteiger partial charge on any atom is -0.355 e. The zero-order chi connectivity index (χ0) is 15.6. The van der Waals surface area contributed by atoms with Crippen LogP contribution in [0.1, 0.15) is 17.8 Å². The molecule has 3 nitrogen and oxygen atoms in total. The topological polar surface area (TPSA) is 42.0 Å². The highest BCUT2D eigenvalue weighted by Crippen LogP contribution is 2.43. The zero-order valence-corrected chi connectivity index (χ0v) is 13.8. The SMILES string of the molecule is O=C(NCCc1nc(-c2ccccc2)cs1)[C@@H]1C[C@@H]2C=C[C@H]1C2. The van der Waals surface area contributed by atoms with Crippen LogP contribution in [0.25, 0.3) is 11.3 Å². The molecule has 2 bridgehead atoms. The summed E-state index contributed by atoms with van der Waals surface area (Å²) >= 11 is 1.67. The number of aromatic nitrogens is 1. The molecule has 0 radical (unpaired) electrons. The molecule has 0 aliphatic heterocycles. The van der Waals surface area contributed by atoms with Gasteiger partial charge in [-0.3, -0.25) is 4.79 Å². The molecule has 2 aliphatic carbocycles. The maximum Gasteiger partial charge on any atom is 0.223 e. The molecule has 1 amide bonds. The molecular weight excluding hydrogens is 304 g/mol. The molecule has 1 N–H and O–H groups in total. The van der Waals surface area contributed by atoms with Crippen LogP contribution in [0.15, 0.2) is 47.9 Å². The molecule has 1 aromatic carbocycles. The van der Waals surface area contributed by atoms with Gasteiger partial charge in [0.1, 0.15) is 0 Å². The highest BCUT2D eigenvalue weighted by Gasteiger charge is 2.39. The molecule has 2 aromatic rings.